The molecule has 5 heteroatoms. The van der Waals surface area contributed by atoms with Crippen molar-refractivity contribution >= 4 is 21.4 Å². The summed E-state index contributed by atoms with van der Waals surface area (Å²) in [6, 6.07) is 14.6. The number of nitrogens with zero attached hydrogens (tertiary/aromatic N) is 1. The molecule has 3 rings (SSSR count). The third kappa shape index (κ3) is 3.88. The number of carbonyl (C=O) groups is 1. The zero-order valence-corrected chi connectivity index (χ0v) is 16.0. The van der Waals surface area contributed by atoms with Crippen LogP contribution in [-0.4, -0.2) is 26.1 Å². The third-order valence-corrected chi connectivity index (χ3v) is 5.98. The molecule has 0 aliphatic carbocycles. The van der Waals surface area contributed by atoms with Gasteiger partial charge in [-0.25, -0.2) is 8.42 Å². The molecule has 0 unspecified atom stereocenters. The van der Waals surface area contributed by atoms with Gasteiger partial charge in [0, 0.05) is 16.7 Å². The summed E-state index contributed by atoms with van der Waals surface area (Å²) < 4.78 is 23.8. The van der Waals surface area contributed by atoms with E-state index in [2.05, 4.69) is 13.8 Å². The molecule has 1 atom stereocenters. The molecule has 4 nitrogen and oxygen atoms in total. The number of benzene rings is 2. The highest BCUT2D eigenvalue weighted by molar-refractivity contribution is 7.94. The van der Waals surface area contributed by atoms with Crippen LogP contribution in [0.3, 0.4) is 0 Å². The Kier molecular flexibility index (Phi) is 5.01. The number of hydrogen-bond acceptors (Lipinski definition) is 3. The van der Waals surface area contributed by atoms with Crippen molar-refractivity contribution in [3.63, 3.8) is 0 Å². The van der Waals surface area contributed by atoms with Crippen LogP contribution in [0, 0.1) is 6.92 Å². The molecular formula is C21H23NO3S. The first kappa shape index (κ1) is 18.4. The normalized spacial score (nSPS) is 18.2. The van der Waals surface area contributed by atoms with Gasteiger partial charge in [-0.2, -0.15) is 0 Å². The van der Waals surface area contributed by atoms with Crippen LogP contribution in [0.1, 0.15) is 41.3 Å². The van der Waals surface area contributed by atoms with E-state index in [-0.39, 0.29) is 11.7 Å². The summed E-state index contributed by atoms with van der Waals surface area (Å²) in [6.45, 7) is 6.18. The van der Waals surface area contributed by atoms with Gasteiger partial charge in [0.2, 0.25) is 0 Å². The molecule has 0 aromatic heterocycles. The van der Waals surface area contributed by atoms with Gasteiger partial charge in [0.25, 0.3) is 5.91 Å². The van der Waals surface area contributed by atoms with Crippen LogP contribution in [0.25, 0.3) is 0 Å². The first-order valence-corrected chi connectivity index (χ1v) is 10.4. The number of sulfone groups is 1. The molecule has 136 valence electrons. The highest BCUT2D eigenvalue weighted by Crippen LogP contribution is 2.27. The summed E-state index contributed by atoms with van der Waals surface area (Å²) in [4.78, 5) is 14.7. The maximum atomic E-state index is 13.2. The Morgan fingerprint density at radius 2 is 1.65 bits per heavy atom. The number of carbonyl (C=O) groups excluding carboxylic acids is 1. The second-order valence-electron chi connectivity index (χ2n) is 7.01. The van der Waals surface area contributed by atoms with Crippen LogP contribution in [0.2, 0.25) is 0 Å². The molecule has 2 aromatic rings. The van der Waals surface area contributed by atoms with Crippen molar-refractivity contribution in [1.29, 1.82) is 0 Å². The van der Waals surface area contributed by atoms with Gasteiger partial charge in [-0.1, -0.05) is 43.7 Å². The Bertz CT molecular complexity index is 926. The fourth-order valence-corrected chi connectivity index (χ4v) is 4.30. The average Bonchev–Trinajstić information content (AvgIpc) is 2.95. The van der Waals surface area contributed by atoms with E-state index in [1.54, 1.807) is 23.1 Å². The van der Waals surface area contributed by atoms with E-state index in [9.17, 15) is 13.2 Å². The topological polar surface area (TPSA) is 54.5 Å². The van der Waals surface area contributed by atoms with E-state index in [1.165, 1.54) is 11.0 Å². The Morgan fingerprint density at radius 3 is 2.15 bits per heavy atom. The highest BCUT2D eigenvalue weighted by Gasteiger charge is 2.32. The van der Waals surface area contributed by atoms with E-state index >= 15 is 0 Å². The second kappa shape index (κ2) is 7.08. The third-order valence-electron chi connectivity index (χ3n) is 4.60. The minimum atomic E-state index is -3.27. The molecule has 0 saturated carbocycles. The number of rotatable bonds is 4. The predicted octanol–water partition coefficient (Wildman–Crippen LogP) is 4.08. The molecule has 1 heterocycles. The summed E-state index contributed by atoms with van der Waals surface area (Å²) in [5.41, 5.74) is 3.48. The van der Waals surface area contributed by atoms with E-state index in [0.717, 1.165) is 5.56 Å². The van der Waals surface area contributed by atoms with Crippen LogP contribution in [0.5, 0.6) is 0 Å². The maximum absolute atomic E-state index is 13.2. The molecule has 0 saturated heterocycles. The lowest BCUT2D eigenvalue weighted by Gasteiger charge is -2.28. The van der Waals surface area contributed by atoms with Crippen LogP contribution in [0.4, 0.5) is 5.69 Å². The average molecular weight is 369 g/mol. The van der Waals surface area contributed by atoms with Gasteiger partial charge in [-0.05, 0) is 48.7 Å². The standard InChI is InChI=1S/C21H23NO3S/c1-15(2)17-8-10-19(11-9-17)22(20-12-13-26(24,25)14-20)21(23)18-6-4-16(3)5-7-18/h4-13,15,20H,14H2,1-3H3/t20-/m0/s1. The minimum absolute atomic E-state index is 0.0868. The van der Waals surface area contributed by atoms with Gasteiger partial charge >= 0.3 is 0 Å². The lowest BCUT2D eigenvalue weighted by atomic mass is 10.0. The Labute approximate surface area is 155 Å². The van der Waals surface area contributed by atoms with Crippen molar-refractivity contribution in [2.75, 3.05) is 10.7 Å². The zero-order chi connectivity index (χ0) is 18.9. The molecule has 26 heavy (non-hydrogen) atoms. The fourth-order valence-electron chi connectivity index (χ4n) is 3.03. The van der Waals surface area contributed by atoms with Crippen molar-refractivity contribution in [1.82, 2.24) is 0 Å². The Hall–Kier alpha value is -2.40. The summed E-state index contributed by atoms with van der Waals surface area (Å²) >= 11 is 0. The van der Waals surface area contributed by atoms with Crippen LogP contribution in [-0.2, 0) is 9.84 Å². The van der Waals surface area contributed by atoms with Crippen molar-refractivity contribution in [2.45, 2.75) is 32.7 Å². The largest absolute Gasteiger partial charge is 0.300 e. The fraction of sp³-hybridized carbons (Fsp3) is 0.286. The van der Waals surface area contributed by atoms with E-state index in [0.29, 0.717) is 17.2 Å². The van der Waals surface area contributed by atoms with Gasteiger partial charge in [-0.15, -0.1) is 0 Å². The summed E-state index contributed by atoms with van der Waals surface area (Å²) in [7, 11) is -3.27. The SMILES string of the molecule is Cc1ccc(C(=O)N(c2ccc(C(C)C)cc2)[C@H]2C=CS(=O)(=O)C2)cc1. The highest BCUT2D eigenvalue weighted by atomic mass is 32.2. The lowest BCUT2D eigenvalue weighted by Crippen LogP contribution is -2.41. The summed E-state index contributed by atoms with van der Waals surface area (Å²) in [5.74, 6) is 0.0994. The number of amides is 1. The van der Waals surface area contributed by atoms with Gasteiger partial charge in [0.15, 0.2) is 9.84 Å². The molecule has 1 amide bonds. The van der Waals surface area contributed by atoms with E-state index in [1.807, 2.05) is 43.3 Å². The number of aryl methyl sites for hydroxylation is 1. The molecule has 1 aliphatic rings. The molecule has 0 radical (unpaired) electrons. The van der Waals surface area contributed by atoms with Crippen molar-refractivity contribution in [3.8, 4) is 0 Å². The van der Waals surface area contributed by atoms with Crippen LogP contribution in [0.15, 0.2) is 60.0 Å². The first-order valence-electron chi connectivity index (χ1n) is 8.68. The minimum Gasteiger partial charge on any atom is -0.300 e. The predicted molar refractivity (Wildman–Crippen MR) is 105 cm³/mol. The molecule has 0 bridgehead atoms. The monoisotopic (exact) mass is 369 g/mol. The van der Waals surface area contributed by atoms with Crippen molar-refractivity contribution in [2.24, 2.45) is 0 Å². The van der Waals surface area contributed by atoms with E-state index < -0.39 is 15.9 Å². The smallest absolute Gasteiger partial charge is 0.258 e. The molecule has 2 aromatic carbocycles. The molecule has 1 aliphatic heterocycles. The number of hydrogen-bond donors (Lipinski definition) is 0. The summed E-state index contributed by atoms with van der Waals surface area (Å²) in [5, 5.41) is 1.20. The van der Waals surface area contributed by atoms with E-state index in [4.69, 9.17) is 0 Å². The Balaban J connectivity index is 2.00. The molecule has 0 spiro atoms. The Morgan fingerprint density at radius 1 is 1.04 bits per heavy atom. The van der Waals surface area contributed by atoms with Crippen molar-refractivity contribution < 1.29 is 13.2 Å². The van der Waals surface area contributed by atoms with Crippen molar-refractivity contribution in [3.05, 3.63) is 76.7 Å². The zero-order valence-electron chi connectivity index (χ0n) is 15.2. The van der Waals surface area contributed by atoms with Gasteiger partial charge in [0.05, 0.1) is 11.8 Å². The van der Waals surface area contributed by atoms with Gasteiger partial charge in [0.1, 0.15) is 0 Å². The lowest BCUT2D eigenvalue weighted by molar-refractivity contribution is 0.0983. The van der Waals surface area contributed by atoms with Gasteiger partial charge in [-0.3, -0.25) is 4.79 Å². The molecule has 0 fully saturated rings. The summed E-state index contributed by atoms with van der Waals surface area (Å²) in [6.07, 6.45) is 1.60. The van der Waals surface area contributed by atoms with Crippen LogP contribution >= 0.6 is 0 Å². The molecular weight excluding hydrogens is 346 g/mol. The quantitative estimate of drug-likeness (QED) is 0.816. The van der Waals surface area contributed by atoms with Gasteiger partial charge < -0.3 is 4.90 Å². The maximum Gasteiger partial charge on any atom is 0.258 e. The second-order valence-corrected chi connectivity index (χ2v) is 8.94. The van der Waals surface area contributed by atoms with Crippen LogP contribution < -0.4 is 4.90 Å². The molecule has 0 N–H and O–H groups in total. The number of anilines is 1. The first-order chi connectivity index (χ1) is 12.3.